The third-order valence-electron chi connectivity index (χ3n) is 6.65. The van der Waals surface area contributed by atoms with Crippen molar-refractivity contribution >= 4 is 11.4 Å². The number of hydrogen-bond donors (Lipinski definition) is 1. The second kappa shape index (κ2) is 10.3. The summed E-state index contributed by atoms with van der Waals surface area (Å²) in [5.41, 5.74) is 4.77. The summed E-state index contributed by atoms with van der Waals surface area (Å²) in [4.78, 5) is 19.7. The first-order valence-electron chi connectivity index (χ1n) is 12.2. The number of benzene rings is 2. The lowest BCUT2D eigenvalue weighted by molar-refractivity contribution is 0.0992. The van der Waals surface area contributed by atoms with Gasteiger partial charge in [-0.25, -0.2) is 4.98 Å². The Hall–Kier alpha value is -4.08. The molecule has 2 aromatic carbocycles. The zero-order valence-corrected chi connectivity index (χ0v) is 20.6. The zero-order chi connectivity index (χ0) is 25.1. The van der Waals surface area contributed by atoms with Crippen LogP contribution in [0.25, 0.3) is 5.65 Å². The van der Waals surface area contributed by atoms with Crippen LogP contribution in [0, 0.1) is 18.8 Å². The van der Waals surface area contributed by atoms with E-state index in [9.17, 15) is 9.90 Å². The molecule has 182 valence electrons. The lowest BCUT2D eigenvalue weighted by Crippen LogP contribution is -2.35. The first kappa shape index (κ1) is 23.7. The van der Waals surface area contributed by atoms with Gasteiger partial charge in [0.25, 0.3) is 0 Å². The van der Waals surface area contributed by atoms with E-state index in [2.05, 4.69) is 28.8 Å². The van der Waals surface area contributed by atoms with Gasteiger partial charge in [0.1, 0.15) is 17.4 Å². The number of Topliss-reactive ketones (excluding diaryl/α,β-unsaturated/α-hetero) is 1. The molecule has 6 nitrogen and oxygen atoms in total. The fourth-order valence-electron chi connectivity index (χ4n) is 4.43. The quantitative estimate of drug-likeness (QED) is 0.334. The molecule has 0 saturated carbocycles. The predicted octanol–water partition coefficient (Wildman–Crippen LogP) is 4.65. The number of ether oxygens (including phenoxy) is 1. The summed E-state index contributed by atoms with van der Waals surface area (Å²) in [7, 11) is 2.10. The standard InChI is InChI=1S/C30H29N3O3/c1-21-6-8-24(19-23(21)9-10-25-20-31-30-5-3-4-14-33(25)30)27(34)17-22-7-11-29(28(35)18-22)36-26-12-15-32(2)16-13-26/h3-8,11,14,18-20,26,35H,12-13,15-17H2,1-2H3. The van der Waals surface area contributed by atoms with E-state index in [4.69, 9.17) is 4.74 Å². The van der Waals surface area contributed by atoms with Gasteiger partial charge in [-0.05, 0) is 74.2 Å². The van der Waals surface area contributed by atoms with Crippen molar-refractivity contribution in [1.29, 1.82) is 0 Å². The van der Waals surface area contributed by atoms with Crippen LogP contribution in [0.1, 0.15) is 45.6 Å². The molecule has 0 radical (unpaired) electrons. The van der Waals surface area contributed by atoms with E-state index < -0.39 is 0 Å². The topological polar surface area (TPSA) is 67.1 Å². The Bertz CT molecular complexity index is 1470. The minimum Gasteiger partial charge on any atom is -0.504 e. The van der Waals surface area contributed by atoms with Crippen LogP contribution in [-0.4, -0.2) is 51.4 Å². The average molecular weight is 480 g/mol. The molecule has 1 fully saturated rings. The zero-order valence-electron chi connectivity index (χ0n) is 20.6. The number of piperidine rings is 1. The Balaban J connectivity index is 1.29. The molecule has 0 amide bonds. The van der Waals surface area contributed by atoms with E-state index in [-0.39, 0.29) is 24.1 Å². The van der Waals surface area contributed by atoms with Crippen molar-refractivity contribution in [2.45, 2.75) is 32.3 Å². The Kier molecular flexibility index (Phi) is 6.75. The smallest absolute Gasteiger partial charge is 0.167 e. The number of phenolic OH excluding ortho intramolecular Hbond substituents is 1. The number of pyridine rings is 1. The molecule has 1 saturated heterocycles. The summed E-state index contributed by atoms with van der Waals surface area (Å²) >= 11 is 0. The fourth-order valence-corrected chi connectivity index (χ4v) is 4.43. The number of imidazole rings is 1. The maximum atomic E-state index is 13.0. The van der Waals surface area contributed by atoms with E-state index in [1.165, 1.54) is 0 Å². The van der Waals surface area contributed by atoms with Gasteiger partial charge in [-0.3, -0.25) is 9.20 Å². The predicted molar refractivity (Wildman–Crippen MR) is 140 cm³/mol. The van der Waals surface area contributed by atoms with Gasteiger partial charge in [-0.15, -0.1) is 0 Å². The third-order valence-corrected chi connectivity index (χ3v) is 6.65. The van der Waals surface area contributed by atoms with E-state index >= 15 is 0 Å². The van der Waals surface area contributed by atoms with Crippen molar-refractivity contribution < 1.29 is 14.6 Å². The Morgan fingerprint density at radius 3 is 2.75 bits per heavy atom. The summed E-state index contributed by atoms with van der Waals surface area (Å²) in [6.45, 7) is 3.95. The van der Waals surface area contributed by atoms with Crippen molar-refractivity contribution in [3.8, 4) is 23.3 Å². The van der Waals surface area contributed by atoms with Gasteiger partial charge in [0.05, 0.1) is 6.20 Å². The molecule has 0 unspecified atom stereocenters. The van der Waals surface area contributed by atoms with Crippen LogP contribution < -0.4 is 4.74 Å². The molecule has 2 aromatic heterocycles. The van der Waals surface area contributed by atoms with Crippen LogP contribution >= 0.6 is 0 Å². The number of phenols is 1. The summed E-state index contributed by atoms with van der Waals surface area (Å²) in [5, 5.41) is 10.5. The molecular weight excluding hydrogens is 450 g/mol. The number of rotatable bonds is 5. The minimum absolute atomic E-state index is 0.0313. The highest BCUT2D eigenvalue weighted by molar-refractivity contribution is 5.98. The minimum atomic E-state index is -0.0313. The number of likely N-dealkylation sites (tertiary alicyclic amines) is 1. The Morgan fingerprint density at radius 1 is 1.11 bits per heavy atom. The maximum Gasteiger partial charge on any atom is 0.167 e. The highest BCUT2D eigenvalue weighted by atomic mass is 16.5. The van der Waals surface area contributed by atoms with Crippen molar-refractivity contribution in [3.63, 3.8) is 0 Å². The van der Waals surface area contributed by atoms with Crippen molar-refractivity contribution in [1.82, 2.24) is 14.3 Å². The van der Waals surface area contributed by atoms with Gasteiger partial charge in [-0.1, -0.05) is 30.2 Å². The normalized spacial score (nSPS) is 14.4. The Labute approximate surface area is 211 Å². The van der Waals surface area contributed by atoms with E-state index in [0.29, 0.717) is 11.3 Å². The van der Waals surface area contributed by atoms with Gasteiger partial charge in [0.15, 0.2) is 17.3 Å². The summed E-state index contributed by atoms with van der Waals surface area (Å²) in [5.74, 6) is 6.90. The lowest BCUT2D eigenvalue weighted by Gasteiger charge is -2.29. The summed E-state index contributed by atoms with van der Waals surface area (Å²) in [6, 6.07) is 16.6. The molecule has 1 aliphatic rings. The molecule has 0 spiro atoms. The van der Waals surface area contributed by atoms with Crippen LogP contribution in [0.15, 0.2) is 67.0 Å². The number of carbonyl (C=O) groups excluding carboxylic acids is 1. The first-order valence-corrected chi connectivity index (χ1v) is 12.2. The number of hydrogen-bond acceptors (Lipinski definition) is 5. The molecule has 5 rings (SSSR count). The van der Waals surface area contributed by atoms with Gasteiger partial charge in [0.2, 0.25) is 0 Å². The number of ketones is 1. The number of carbonyl (C=O) groups is 1. The Morgan fingerprint density at radius 2 is 1.94 bits per heavy atom. The third kappa shape index (κ3) is 5.27. The van der Waals surface area contributed by atoms with Crippen LogP contribution in [0.4, 0.5) is 0 Å². The SMILES string of the molecule is Cc1ccc(C(=O)Cc2ccc(OC3CCN(C)CC3)c(O)c2)cc1C#Cc1cnc2ccccn12. The van der Waals surface area contributed by atoms with Gasteiger partial charge in [-0.2, -0.15) is 0 Å². The van der Waals surface area contributed by atoms with Gasteiger partial charge in [0, 0.05) is 36.8 Å². The molecular formula is C30H29N3O3. The first-order chi connectivity index (χ1) is 17.5. The van der Waals surface area contributed by atoms with Crippen molar-refractivity contribution in [3.05, 3.63) is 94.9 Å². The molecule has 1 aliphatic heterocycles. The fraction of sp³-hybridized carbons (Fsp3) is 0.267. The summed E-state index contributed by atoms with van der Waals surface area (Å²) in [6.07, 6.45) is 5.84. The second-order valence-electron chi connectivity index (χ2n) is 9.37. The number of fused-ring (bicyclic) bond motifs is 1. The number of nitrogens with zero attached hydrogens (tertiary/aromatic N) is 3. The highest BCUT2D eigenvalue weighted by Crippen LogP contribution is 2.30. The summed E-state index contributed by atoms with van der Waals surface area (Å²) < 4.78 is 7.94. The lowest BCUT2D eigenvalue weighted by atomic mass is 9.98. The largest absolute Gasteiger partial charge is 0.504 e. The van der Waals surface area contributed by atoms with Gasteiger partial charge >= 0.3 is 0 Å². The monoisotopic (exact) mass is 479 g/mol. The number of aryl methyl sites for hydroxylation is 1. The molecule has 0 atom stereocenters. The molecule has 4 aromatic rings. The number of aromatic nitrogens is 2. The average Bonchev–Trinajstić information content (AvgIpc) is 3.29. The van der Waals surface area contributed by atoms with Crippen LogP contribution in [0.2, 0.25) is 0 Å². The highest BCUT2D eigenvalue weighted by Gasteiger charge is 2.19. The maximum absolute atomic E-state index is 13.0. The van der Waals surface area contributed by atoms with E-state index in [0.717, 1.165) is 54.0 Å². The van der Waals surface area contributed by atoms with Crippen molar-refractivity contribution in [2.75, 3.05) is 20.1 Å². The molecule has 6 heteroatoms. The van der Waals surface area contributed by atoms with E-state index in [1.54, 1.807) is 18.3 Å². The molecule has 1 N–H and O–H groups in total. The van der Waals surface area contributed by atoms with Gasteiger partial charge < -0.3 is 14.7 Å². The molecule has 0 bridgehead atoms. The van der Waals surface area contributed by atoms with Crippen LogP contribution in [0.5, 0.6) is 11.5 Å². The van der Waals surface area contributed by atoms with Crippen LogP contribution in [0.3, 0.4) is 0 Å². The molecule has 3 heterocycles. The van der Waals surface area contributed by atoms with E-state index in [1.807, 2.05) is 60.0 Å². The second-order valence-corrected chi connectivity index (χ2v) is 9.37. The number of aromatic hydroxyl groups is 1. The van der Waals surface area contributed by atoms with Crippen LogP contribution in [-0.2, 0) is 6.42 Å². The molecule has 36 heavy (non-hydrogen) atoms. The molecule has 0 aliphatic carbocycles. The van der Waals surface area contributed by atoms with Crippen molar-refractivity contribution in [2.24, 2.45) is 0 Å².